The monoisotopic (exact) mass is 546 g/mol. The molecule has 0 aliphatic heterocycles. The summed E-state index contributed by atoms with van der Waals surface area (Å²) in [5, 5.41) is 17.1. The zero-order valence-corrected chi connectivity index (χ0v) is 21.4. The number of halogens is 1. The van der Waals surface area contributed by atoms with Crippen molar-refractivity contribution in [3.05, 3.63) is 122 Å². The van der Waals surface area contributed by atoms with E-state index in [0.717, 1.165) is 5.56 Å². The Kier molecular flexibility index (Phi) is 8.37. The molecule has 0 saturated carbocycles. The van der Waals surface area contributed by atoms with Crippen LogP contribution in [-0.2, 0) is 16.0 Å². The van der Waals surface area contributed by atoms with Gasteiger partial charge in [0.05, 0.1) is 17.6 Å². The number of carbonyl (C=O) groups is 2. The Balaban J connectivity index is 1.66. The molecular weight excluding hydrogens is 524 g/mol. The second-order valence-corrected chi connectivity index (χ2v) is 8.90. The van der Waals surface area contributed by atoms with Gasteiger partial charge in [-0.3, -0.25) is 25.0 Å². The Morgan fingerprint density at radius 2 is 1.64 bits per heavy atom. The number of hydrogen-bond acceptors (Lipinski definition) is 6. The standard InChI is InChI=1S/C28H23ClN4O6/c1-39-28(36)31-22-10-8-21(9-11-22)30-27(35)25(15-18-5-3-2-4-6-18)32-14-13-19(16-26(32)34)23-17-20(29)7-12-24(23)33(37)38/h2-14,16-17,25H,15H2,1H3,(H,30,35)(H,31,36). The molecule has 0 radical (unpaired) electrons. The summed E-state index contributed by atoms with van der Waals surface area (Å²) in [7, 11) is 1.25. The van der Waals surface area contributed by atoms with Gasteiger partial charge in [0, 0.05) is 41.1 Å². The number of nitrogens with zero attached hydrogens (tertiary/aromatic N) is 2. The highest BCUT2D eigenvalue weighted by atomic mass is 35.5. The first-order chi connectivity index (χ1) is 18.7. The molecule has 3 aromatic carbocycles. The predicted molar refractivity (Wildman–Crippen MR) is 148 cm³/mol. The minimum absolute atomic E-state index is 0.194. The van der Waals surface area contributed by atoms with Gasteiger partial charge in [0.2, 0.25) is 5.91 Å². The first kappa shape index (κ1) is 27.1. The summed E-state index contributed by atoms with van der Waals surface area (Å²) in [5.41, 5.74) is 1.54. The number of pyridine rings is 1. The quantitative estimate of drug-likeness (QED) is 0.216. The summed E-state index contributed by atoms with van der Waals surface area (Å²) < 4.78 is 5.85. The zero-order valence-electron chi connectivity index (χ0n) is 20.7. The lowest BCUT2D eigenvalue weighted by Crippen LogP contribution is -2.34. The van der Waals surface area contributed by atoms with Gasteiger partial charge in [-0.2, -0.15) is 0 Å². The fourth-order valence-electron chi connectivity index (χ4n) is 4.00. The fourth-order valence-corrected chi connectivity index (χ4v) is 4.17. The third kappa shape index (κ3) is 6.68. The molecule has 0 bridgehead atoms. The molecule has 10 nitrogen and oxygen atoms in total. The van der Waals surface area contributed by atoms with Crippen LogP contribution in [0.1, 0.15) is 11.6 Å². The van der Waals surface area contributed by atoms with Gasteiger partial charge in [-0.25, -0.2) is 4.79 Å². The Labute approximate surface area is 228 Å². The molecule has 198 valence electrons. The third-order valence-electron chi connectivity index (χ3n) is 5.91. The number of nitrogens with one attached hydrogen (secondary N) is 2. The second kappa shape index (κ2) is 12.1. The van der Waals surface area contributed by atoms with Crippen LogP contribution in [0, 0.1) is 10.1 Å². The van der Waals surface area contributed by atoms with Gasteiger partial charge in [-0.1, -0.05) is 41.9 Å². The molecule has 0 aliphatic rings. The Hall–Kier alpha value is -4.96. The van der Waals surface area contributed by atoms with E-state index in [-0.39, 0.29) is 22.7 Å². The van der Waals surface area contributed by atoms with Gasteiger partial charge in [0.1, 0.15) is 6.04 Å². The predicted octanol–water partition coefficient (Wildman–Crippen LogP) is 5.68. The molecule has 1 heterocycles. The lowest BCUT2D eigenvalue weighted by atomic mass is 10.0. The molecule has 0 fully saturated rings. The normalized spacial score (nSPS) is 11.3. The van der Waals surface area contributed by atoms with Crippen molar-refractivity contribution in [1.82, 2.24) is 4.57 Å². The van der Waals surface area contributed by atoms with E-state index in [9.17, 15) is 24.5 Å². The van der Waals surface area contributed by atoms with Crippen LogP contribution in [0.2, 0.25) is 5.02 Å². The highest BCUT2D eigenvalue weighted by Gasteiger charge is 2.24. The average molecular weight is 547 g/mol. The van der Waals surface area contributed by atoms with Crippen LogP contribution < -0.4 is 16.2 Å². The number of nitro benzene ring substituents is 1. The maximum atomic E-state index is 13.5. The molecule has 2 N–H and O–H groups in total. The van der Waals surface area contributed by atoms with E-state index >= 15 is 0 Å². The number of amides is 2. The van der Waals surface area contributed by atoms with Gasteiger partial charge < -0.3 is 14.6 Å². The minimum Gasteiger partial charge on any atom is -0.453 e. The van der Waals surface area contributed by atoms with Crippen molar-refractivity contribution < 1.29 is 19.2 Å². The molecule has 2 amide bonds. The first-order valence-corrected chi connectivity index (χ1v) is 12.1. The number of aromatic nitrogens is 1. The van der Waals surface area contributed by atoms with Crippen molar-refractivity contribution in [2.24, 2.45) is 0 Å². The van der Waals surface area contributed by atoms with Crippen molar-refractivity contribution in [3.8, 4) is 11.1 Å². The number of ether oxygens (including phenoxy) is 1. The van der Waals surface area contributed by atoms with E-state index in [1.165, 1.54) is 42.1 Å². The van der Waals surface area contributed by atoms with Crippen LogP contribution in [0.5, 0.6) is 0 Å². The van der Waals surface area contributed by atoms with Crippen molar-refractivity contribution in [2.75, 3.05) is 17.7 Å². The SMILES string of the molecule is COC(=O)Nc1ccc(NC(=O)C(Cc2ccccc2)n2ccc(-c3cc(Cl)ccc3[N+](=O)[O-])cc2=O)cc1. The minimum atomic E-state index is -0.934. The van der Waals surface area contributed by atoms with Crippen LogP contribution in [0.3, 0.4) is 0 Å². The first-order valence-electron chi connectivity index (χ1n) is 11.7. The van der Waals surface area contributed by atoms with Gasteiger partial charge in [-0.05, 0) is 53.6 Å². The highest BCUT2D eigenvalue weighted by Crippen LogP contribution is 2.32. The summed E-state index contributed by atoms with van der Waals surface area (Å²) in [5.74, 6) is -0.448. The summed E-state index contributed by atoms with van der Waals surface area (Å²) in [6.45, 7) is 0. The number of hydrogen-bond donors (Lipinski definition) is 2. The number of rotatable bonds is 8. The molecule has 4 rings (SSSR count). The molecule has 1 atom stereocenters. The molecule has 0 aliphatic carbocycles. The molecule has 39 heavy (non-hydrogen) atoms. The van der Waals surface area contributed by atoms with E-state index < -0.39 is 28.5 Å². The maximum Gasteiger partial charge on any atom is 0.411 e. The fraction of sp³-hybridized carbons (Fsp3) is 0.107. The average Bonchev–Trinajstić information content (AvgIpc) is 2.93. The third-order valence-corrected chi connectivity index (χ3v) is 6.14. The summed E-state index contributed by atoms with van der Waals surface area (Å²) >= 11 is 6.06. The van der Waals surface area contributed by atoms with Crippen LogP contribution in [0.15, 0.2) is 95.9 Å². The largest absolute Gasteiger partial charge is 0.453 e. The molecule has 0 spiro atoms. The van der Waals surface area contributed by atoms with E-state index in [2.05, 4.69) is 15.4 Å². The molecule has 1 unspecified atom stereocenters. The molecular formula is C28H23ClN4O6. The highest BCUT2D eigenvalue weighted by molar-refractivity contribution is 6.31. The van der Waals surface area contributed by atoms with Crippen molar-refractivity contribution >= 4 is 40.7 Å². The van der Waals surface area contributed by atoms with E-state index in [1.54, 1.807) is 30.3 Å². The van der Waals surface area contributed by atoms with Gasteiger partial charge in [0.25, 0.3) is 11.2 Å². The number of anilines is 2. The lowest BCUT2D eigenvalue weighted by molar-refractivity contribution is -0.384. The van der Waals surface area contributed by atoms with E-state index in [0.29, 0.717) is 16.9 Å². The number of benzene rings is 3. The molecule has 0 saturated heterocycles. The van der Waals surface area contributed by atoms with Gasteiger partial charge >= 0.3 is 6.09 Å². The van der Waals surface area contributed by atoms with Crippen LogP contribution in [0.25, 0.3) is 11.1 Å². The summed E-state index contributed by atoms with van der Waals surface area (Å²) in [4.78, 5) is 49.1. The summed E-state index contributed by atoms with van der Waals surface area (Å²) in [6, 6.07) is 21.6. The van der Waals surface area contributed by atoms with E-state index in [4.69, 9.17) is 11.6 Å². The lowest BCUT2D eigenvalue weighted by Gasteiger charge is -2.20. The number of nitro groups is 1. The van der Waals surface area contributed by atoms with E-state index in [1.807, 2.05) is 30.3 Å². The van der Waals surface area contributed by atoms with Crippen LogP contribution >= 0.6 is 11.6 Å². The maximum absolute atomic E-state index is 13.5. The molecule has 4 aromatic rings. The van der Waals surface area contributed by atoms with Crippen molar-refractivity contribution in [1.29, 1.82) is 0 Å². The van der Waals surface area contributed by atoms with Gasteiger partial charge in [0.15, 0.2) is 0 Å². The zero-order chi connectivity index (χ0) is 27.9. The van der Waals surface area contributed by atoms with Crippen LogP contribution in [0.4, 0.5) is 21.9 Å². The second-order valence-electron chi connectivity index (χ2n) is 8.47. The smallest absolute Gasteiger partial charge is 0.411 e. The molecule has 1 aromatic heterocycles. The van der Waals surface area contributed by atoms with Crippen LogP contribution in [-0.4, -0.2) is 28.6 Å². The number of methoxy groups -OCH3 is 1. The van der Waals surface area contributed by atoms with Crippen molar-refractivity contribution in [3.63, 3.8) is 0 Å². The number of carbonyl (C=O) groups excluding carboxylic acids is 2. The molecule has 11 heteroatoms. The van der Waals surface area contributed by atoms with Gasteiger partial charge in [-0.15, -0.1) is 0 Å². The Morgan fingerprint density at radius 1 is 0.974 bits per heavy atom. The Morgan fingerprint density at radius 3 is 2.26 bits per heavy atom. The van der Waals surface area contributed by atoms with Crippen molar-refractivity contribution in [2.45, 2.75) is 12.5 Å². The summed E-state index contributed by atoms with van der Waals surface area (Å²) in [6.07, 6.45) is 1.03. The Bertz CT molecular complexity index is 1570. The topological polar surface area (TPSA) is 133 Å².